The van der Waals surface area contributed by atoms with Crippen LogP contribution in [0.4, 0.5) is 23.5 Å². The number of halogens is 4. The van der Waals surface area contributed by atoms with Crippen molar-refractivity contribution in [1.82, 2.24) is 25.1 Å². The first kappa shape index (κ1) is 20.8. The van der Waals surface area contributed by atoms with Crippen LogP contribution in [0.2, 0.25) is 0 Å². The number of aromatic nitrogens is 4. The molecule has 0 spiro atoms. The van der Waals surface area contributed by atoms with Crippen LogP contribution in [0.15, 0.2) is 42.9 Å². The molecule has 11 heteroatoms. The van der Waals surface area contributed by atoms with Crippen LogP contribution in [0.3, 0.4) is 0 Å². The van der Waals surface area contributed by atoms with Crippen molar-refractivity contribution in [1.29, 1.82) is 0 Å². The normalized spacial score (nSPS) is 16.5. The molecule has 162 valence electrons. The van der Waals surface area contributed by atoms with Gasteiger partial charge in [0, 0.05) is 44.1 Å². The number of rotatable bonds is 4. The first-order chi connectivity index (χ1) is 14.7. The van der Waals surface area contributed by atoms with Crippen LogP contribution >= 0.6 is 0 Å². The quantitative estimate of drug-likeness (QED) is 0.639. The second kappa shape index (κ2) is 7.97. The molecule has 3 aromatic rings. The van der Waals surface area contributed by atoms with Gasteiger partial charge in [-0.2, -0.15) is 18.3 Å². The summed E-state index contributed by atoms with van der Waals surface area (Å²) in [6.07, 6.45) is 0.983. The van der Waals surface area contributed by atoms with Gasteiger partial charge in [0.2, 0.25) is 5.95 Å². The van der Waals surface area contributed by atoms with Crippen LogP contribution in [-0.2, 0) is 13.2 Å². The van der Waals surface area contributed by atoms with Crippen molar-refractivity contribution in [3.63, 3.8) is 0 Å². The van der Waals surface area contributed by atoms with E-state index in [1.165, 1.54) is 0 Å². The molecule has 1 atom stereocenters. The standard InChI is InChI=1S/C20H18F4N6O/c1-29-10-12(9-26-29)17-4-6-25-19(28-17)30-7-5-14(11-30)27-18(31)15-8-13(20(22,23)24)2-3-16(15)21/h2-4,6,8-10,14H,5,7,11H2,1H3,(H,27,31). The van der Waals surface area contributed by atoms with Crippen LogP contribution in [0.1, 0.15) is 22.3 Å². The van der Waals surface area contributed by atoms with Crippen LogP contribution < -0.4 is 10.2 Å². The molecule has 0 aliphatic carbocycles. The highest BCUT2D eigenvalue weighted by molar-refractivity contribution is 5.95. The van der Waals surface area contributed by atoms with Crippen LogP contribution in [-0.4, -0.2) is 44.8 Å². The van der Waals surface area contributed by atoms with E-state index in [-0.39, 0.29) is 6.04 Å². The molecule has 7 nitrogen and oxygen atoms in total. The number of hydrogen-bond acceptors (Lipinski definition) is 5. The summed E-state index contributed by atoms with van der Waals surface area (Å²) >= 11 is 0. The smallest absolute Gasteiger partial charge is 0.347 e. The third kappa shape index (κ3) is 4.49. The minimum atomic E-state index is -4.66. The lowest BCUT2D eigenvalue weighted by molar-refractivity contribution is -0.137. The van der Waals surface area contributed by atoms with Gasteiger partial charge in [0.05, 0.1) is 23.0 Å². The minimum absolute atomic E-state index is 0.350. The lowest BCUT2D eigenvalue weighted by Crippen LogP contribution is -2.37. The zero-order chi connectivity index (χ0) is 22.2. The largest absolute Gasteiger partial charge is 0.416 e. The SMILES string of the molecule is Cn1cc(-c2ccnc(N3CCC(NC(=O)c4cc(C(F)(F)F)ccc4F)C3)n2)cn1. The molecule has 31 heavy (non-hydrogen) atoms. The van der Waals surface area contributed by atoms with Crippen molar-refractivity contribution < 1.29 is 22.4 Å². The molecular formula is C20H18F4N6O. The van der Waals surface area contributed by atoms with Gasteiger partial charge in [-0.15, -0.1) is 0 Å². The van der Waals surface area contributed by atoms with E-state index in [2.05, 4.69) is 20.4 Å². The molecule has 0 radical (unpaired) electrons. The Balaban J connectivity index is 1.45. The van der Waals surface area contributed by atoms with E-state index in [1.807, 2.05) is 11.1 Å². The predicted octanol–water partition coefficient (Wildman–Crippen LogP) is 3.04. The second-order valence-electron chi connectivity index (χ2n) is 7.24. The maximum atomic E-state index is 14.0. The molecule has 4 rings (SSSR count). The lowest BCUT2D eigenvalue weighted by atomic mass is 10.1. The first-order valence-corrected chi connectivity index (χ1v) is 9.45. The molecule has 0 bridgehead atoms. The Kier molecular flexibility index (Phi) is 5.34. The summed E-state index contributed by atoms with van der Waals surface area (Å²) in [5, 5.41) is 6.72. The van der Waals surface area contributed by atoms with E-state index in [0.717, 1.165) is 5.56 Å². The predicted molar refractivity (Wildman–Crippen MR) is 104 cm³/mol. The van der Waals surface area contributed by atoms with Crippen molar-refractivity contribution in [2.24, 2.45) is 7.05 Å². The van der Waals surface area contributed by atoms with Crippen molar-refractivity contribution in [2.75, 3.05) is 18.0 Å². The zero-order valence-corrected chi connectivity index (χ0v) is 16.4. The van der Waals surface area contributed by atoms with Gasteiger partial charge in [0.1, 0.15) is 5.82 Å². The second-order valence-corrected chi connectivity index (χ2v) is 7.24. The zero-order valence-electron chi connectivity index (χ0n) is 16.4. The molecule has 1 unspecified atom stereocenters. The summed E-state index contributed by atoms with van der Waals surface area (Å²) in [7, 11) is 1.80. The van der Waals surface area contributed by atoms with Gasteiger partial charge in [-0.1, -0.05) is 0 Å². The number of amides is 1. The Labute approximate surface area is 174 Å². The molecule has 1 aromatic carbocycles. The van der Waals surface area contributed by atoms with E-state index >= 15 is 0 Å². The molecule has 1 amide bonds. The van der Waals surface area contributed by atoms with Gasteiger partial charge < -0.3 is 10.2 Å². The van der Waals surface area contributed by atoms with Crippen LogP contribution in [0, 0.1) is 5.82 Å². The monoisotopic (exact) mass is 434 g/mol. The fourth-order valence-corrected chi connectivity index (χ4v) is 3.41. The van der Waals surface area contributed by atoms with Crippen molar-refractivity contribution in [2.45, 2.75) is 18.6 Å². The summed E-state index contributed by atoms with van der Waals surface area (Å²) in [6.45, 7) is 0.884. The van der Waals surface area contributed by atoms with Crippen LogP contribution in [0.5, 0.6) is 0 Å². The van der Waals surface area contributed by atoms with E-state index in [4.69, 9.17) is 0 Å². The number of aryl methyl sites for hydroxylation is 1. The third-order valence-corrected chi connectivity index (χ3v) is 4.99. The van der Waals surface area contributed by atoms with E-state index in [1.54, 1.807) is 30.2 Å². The summed E-state index contributed by atoms with van der Waals surface area (Å²) in [5.74, 6) is -1.43. The number of nitrogens with one attached hydrogen (secondary N) is 1. The summed E-state index contributed by atoms with van der Waals surface area (Å²) in [4.78, 5) is 23.1. The minimum Gasteiger partial charge on any atom is -0.347 e. The van der Waals surface area contributed by atoms with Gasteiger partial charge >= 0.3 is 6.18 Å². The number of nitrogens with zero attached hydrogens (tertiary/aromatic N) is 5. The van der Waals surface area contributed by atoms with Gasteiger partial charge in [-0.3, -0.25) is 9.48 Å². The molecule has 1 aliphatic heterocycles. The average molecular weight is 434 g/mol. The van der Waals surface area contributed by atoms with E-state index in [0.29, 0.717) is 49.4 Å². The summed E-state index contributed by atoms with van der Waals surface area (Å²) in [6, 6.07) is 3.16. The number of anilines is 1. The molecule has 0 saturated carbocycles. The fourth-order valence-electron chi connectivity index (χ4n) is 3.41. The fraction of sp³-hybridized carbons (Fsp3) is 0.300. The lowest BCUT2D eigenvalue weighted by Gasteiger charge is -2.17. The van der Waals surface area contributed by atoms with Crippen molar-refractivity contribution in [3.05, 3.63) is 59.8 Å². The number of carbonyl (C=O) groups excluding carboxylic acids is 1. The highest BCUT2D eigenvalue weighted by Crippen LogP contribution is 2.30. The highest BCUT2D eigenvalue weighted by Gasteiger charge is 2.33. The molecule has 3 heterocycles. The summed E-state index contributed by atoms with van der Waals surface area (Å²) < 4.78 is 54.3. The molecular weight excluding hydrogens is 416 g/mol. The Bertz CT molecular complexity index is 1110. The van der Waals surface area contributed by atoms with Crippen molar-refractivity contribution in [3.8, 4) is 11.3 Å². The number of benzene rings is 1. The molecule has 1 N–H and O–H groups in total. The molecule has 1 saturated heterocycles. The van der Waals surface area contributed by atoms with Crippen LogP contribution in [0.25, 0.3) is 11.3 Å². The van der Waals surface area contributed by atoms with Gasteiger partial charge in [0.15, 0.2) is 0 Å². The van der Waals surface area contributed by atoms with E-state index in [9.17, 15) is 22.4 Å². The maximum absolute atomic E-state index is 14.0. The Morgan fingerprint density at radius 1 is 1.26 bits per heavy atom. The number of carbonyl (C=O) groups is 1. The summed E-state index contributed by atoms with van der Waals surface area (Å²) in [5.41, 5.74) is -0.192. The molecule has 1 aliphatic rings. The topological polar surface area (TPSA) is 75.9 Å². The molecule has 1 fully saturated rings. The van der Waals surface area contributed by atoms with Crippen molar-refractivity contribution >= 4 is 11.9 Å². The highest BCUT2D eigenvalue weighted by atomic mass is 19.4. The Morgan fingerprint density at radius 2 is 2.06 bits per heavy atom. The third-order valence-electron chi connectivity index (χ3n) is 4.99. The number of alkyl halides is 3. The Hall–Kier alpha value is -3.50. The average Bonchev–Trinajstić information content (AvgIpc) is 3.36. The van der Waals surface area contributed by atoms with Gasteiger partial charge in [-0.05, 0) is 30.7 Å². The van der Waals surface area contributed by atoms with E-state index < -0.39 is 29.0 Å². The molecule has 2 aromatic heterocycles. The first-order valence-electron chi connectivity index (χ1n) is 9.45. The number of hydrogen-bond donors (Lipinski definition) is 1. The van der Waals surface area contributed by atoms with Gasteiger partial charge in [0.25, 0.3) is 5.91 Å². The Morgan fingerprint density at radius 3 is 2.77 bits per heavy atom. The van der Waals surface area contributed by atoms with Gasteiger partial charge in [-0.25, -0.2) is 14.4 Å². The maximum Gasteiger partial charge on any atom is 0.416 e.